The Morgan fingerprint density at radius 2 is 1.90 bits per heavy atom. The van der Waals surface area contributed by atoms with Crippen LogP contribution in [0.1, 0.15) is 17.8 Å². The minimum atomic E-state index is -3.55. The van der Waals surface area contributed by atoms with Crippen molar-refractivity contribution in [3.05, 3.63) is 59.0 Å². The van der Waals surface area contributed by atoms with Gasteiger partial charge in [-0.3, -0.25) is 4.79 Å². The lowest BCUT2D eigenvalue weighted by molar-refractivity contribution is -0.126. The number of carbonyl (C=O) groups excluding carboxylic acids is 1. The lowest BCUT2D eigenvalue weighted by atomic mass is 9.97. The van der Waals surface area contributed by atoms with E-state index in [1.54, 1.807) is 29.7 Å². The lowest BCUT2D eigenvalue weighted by Gasteiger charge is -2.30. The second-order valence-corrected chi connectivity index (χ2v) is 10.1. The Morgan fingerprint density at radius 3 is 2.62 bits per heavy atom. The van der Waals surface area contributed by atoms with Crippen LogP contribution in [-0.2, 0) is 21.2 Å². The molecule has 0 saturated carbocycles. The lowest BCUT2D eigenvalue weighted by Crippen LogP contribution is -2.43. The van der Waals surface area contributed by atoms with E-state index in [4.69, 9.17) is 0 Å². The number of amides is 1. The minimum Gasteiger partial charge on any atom is -0.355 e. The molecule has 1 aliphatic rings. The first-order valence-corrected chi connectivity index (χ1v) is 12.0. The summed E-state index contributed by atoms with van der Waals surface area (Å²) in [5, 5.41) is 7.80. The molecule has 0 atom stereocenters. The Bertz CT molecular complexity index is 1090. The molecule has 1 aromatic heterocycles. The second kappa shape index (κ2) is 8.61. The minimum absolute atomic E-state index is 0.00399. The number of nitrogens with one attached hydrogen (secondary N) is 1. The summed E-state index contributed by atoms with van der Waals surface area (Å²) < 4.78 is 27.6. The summed E-state index contributed by atoms with van der Waals surface area (Å²) in [7, 11) is -3.55. The van der Waals surface area contributed by atoms with Gasteiger partial charge in [-0.25, -0.2) is 13.4 Å². The summed E-state index contributed by atoms with van der Waals surface area (Å²) in [5.41, 5.74) is 0. The van der Waals surface area contributed by atoms with Crippen molar-refractivity contribution in [3.63, 3.8) is 0 Å². The van der Waals surface area contributed by atoms with E-state index in [0.717, 1.165) is 22.2 Å². The zero-order chi connectivity index (χ0) is 20.3. The summed E-state index contributed by atoms with van der Waals surface area (Å²) in [6.45, 7) is 1.28. The van der Waals surface area contributed by atoms with Gasteiger partial charge in [0.2, 0.25) is 15.9 Å². The average Bonchev–Trinajstić information content (AvgIpc) is 3.27. The Labute approximate surface area is 174 Å². The van der Waals surface area contributed by atoms with Crippen molar-refractivity contribution in [1.82, 2.24) is 14.6 Å². The Morgan fingerprint density at radius 1 is 1.14 bits per heavy atom. The predicted octanol–water partition coefficient (Wildman–Crippen LogP) is 3.06. The van der Waals surface area contributed by atoms with Crippen LogP contribution in [0.3, 0.4) is 0 Å². The SMILES string of the molecule is O=C(NCCc1nccs1)C1CCN(S(=O)(=O)c2ccc3ccccc3c2)CC1. The van der Waals surface area contributed by atoms with E-state index in [0.29, 0.717) is 37.4 Å². The van der Waals surface area contributed by atoms with Crippen molar-refractivity contribution in [2.75, 3.05) is 19.6 Å². The number of sulfonamides is 1. The summed E-state index contributed by atoms with van der Waals surface area (Å²) in [4.78, 5) is 16.9. The van der Waals surface area contributed by atoms with Crippen molar-refractivity contribution in [3.8, 4) is 0 Å². The first-order chi connectivity index (χ1) is 14.0. The molecule has 29 heavy (non-hydrogen) atoms. The summed E-state index contributed by atoms with van der Waals surface area (Å²) in [5.74, 6) is -0.140. The third kappa shape index (κ3) is 4.49. The molecule has 1 N–H and O–H groups in total. The van der Waals surface area contributed by atoms with Crippen LogP contribution in [0, 0.1) is 5.92 Å². The number of nitrogens with zero attached hydrogens (tertiary/aromatic N) is 2. The number of aromatic nitrogens is 1. The third-order valence-corrected chi connectivity index (χ3v) is 8.04. The fourth-order valence-corrected chi connectivity index (χ4v) is 5.77. The normalized spacial score (nSPS) is 16.1. The van der Waals surface area contributed by atoms with Gasteiger partial charge in [0.15, 0.2) is 0 Å². The van der Waals surface area contributed by atoms with Gasteiger partial charge in [0, 0.05) is 43.5 Å². The van der Waals surface area contributed by atoms with Gasteiger partial charge in [0.05, 0.1) is 9.90 Å². The molecule has 3 aromatic rings. The van der Waals surface area contributed by atoms with Gasteiger partial charge in [-0.2, -0.15) is 4.31 Å². The number of carbonyl (C=O) groups is 1. The maximum Gasteiger partial charge on any atom is 0.243 e. The van der Waals surface area contributed by atoms with E-state index in [2.05, 4.69) is 10.3 Å². The van der Waals surface area contributed by atoms with E-state index in [-0.39, 0.29) is 11.8 Å². The molecule has 1 fully saturated rings. The largest absolute Gasteiger partial charge is 0.355 e. The Kier molecular flexibility index (Phi) is 5.94. The molecular formula is C21H23N3O3S2. The Hall–Kier alpha value is -2.29. The second-order valence-electron chi connectivity index (χ2n) is 7.15. The molecule has 8 heteroatoms. The molecule has 2 aromatic carbocycles. The highest BCUT2D eigenvalue weighted by Gasteiger charge is 2.32. The van der Waals surface area contributed by atoms with Crippen LogP contribution in [0.4, 0.5) is 0 Å². The first kappa shape index (κ1) is 20.0. The van der Waals surface area contributed by atoms with Crippen molar-refractivity contribution >= 4 is 38.0 Å². The topological polar surface area (TPSA) is 79.4 Å². The quantitative estimate of drug-likeness (QED) is 0.653. The molecule has 0 bridgehead atoms. The van der Waals surface area contributed by atoms with Crippen LogP contribution < -0.4 is 5.32 Å². The molecule has 0 radical (unpaired) electrons. The highest BCUT2D eigenvalue weighted by Crippen LogP contribution is 2.26. The molecule has 1 aliphatic heterocycles. The molecule has 1 saturated heterocycles. The molecule has 0 unspecified atom stereocenters. The smallest absolute Gasteiger partial charge is 0.243 e. The van der Waals surface area contributed by atoms with Gasteiger partial charge in [0.1, 0.15) is 0 Å². The van der Waals surface area contributed by atoms with Crippen LogP contribution >= 0.6 is 11.3 Å². The number of rotatable bonds is 6. The summed E-state index contributed by atoms with van der Waals surface area (Å²) in [6, 6.07) is 12.9. The number of benzene rings is 2. The predicted molar refractivity (Wildman–Crippen MR) is 114 cm³/mol. The van der Waals surface area contributed by atoms with E-state index in [9.17, 15) is 13.2 Å². The van der Waals surface area contributed by atoms with Crippen molar-refractivity contribution in [2.45, 2.75) is 24.2 Å². The van der Waals surface area contributed by atoms with Gasteiger partial charge < -0.3 is 5.32 Å². The highest BCUT2D eigenvalue weighted by molar-refractivity contribution is 7.89. The average molecular weight is 430 g/mol. The molecule has 152 valence electrons. The zero-order valence-corrected chi connectivity index (χ0v) is 17.6. The van der Waals surface area contributed by atoms with Crippen LogP contribution in [0.2, 0.25) is 0 Å². The summed E-state index contributed by atoms with van der Waals surface area (Å²) in [6.07, 6.45) is 3.55. The maximum absolute atomic E-state index is 13.0. The zero-order valence-electron chi connectivity index (χ0n) is 16.0. The van der Waals surface area contributed by atoms with Crippen molar-refractivity contribution < 1.29 is 13.2 Å². The van der Waals surface area contributed by atoms with Gasteiger partial charge in [0.25, 0.3) is 0 Å². The molecular weight excluding hydrogens is 406 g/mol. The highest BCUT2D eigenvalue weighted by atomic mass is 32.2. The summed E-state index contributed by atoms with van der Waals surface area (Å²) >= 11 is 1.58. The molecule has 0 aliphatic carbocycles. The van der Waals surface area contributed by atoms with Gasteiger partial charge in [-0.15, -0.1) is 11.3 Å². The molecule has 0 spiro atoms. The maximum atomic E-state index is 13.0. The third-order valence-electron chi connectivity index (χ3n) is 5.30. The number of thiazole rings is 1. The number of fused-ring (bicyclic) bond motifs is 1. The fourth-order valence-electron chi connectivity index (χ4n) is 3.65. The van der Waals surface area contributed by atoms with Crippen molar-refractivity contribution in [2.24, 2.45) is 5.92 Å². The monoisotopic (exact) mass is 429 g/mol. The van der Waals surface area contributed by atoms with Gasteiger partial charge in [-0.05, 0) is 35.7 Å². The number of hydrogen-bond donors (Lipinski definition) is 1. The molecule has 4 rings (SSSR count). The molecule has 6 nitrogen and oxygen atoms in total. The van der Waals surface area contributed by atoms with Crippen molar-refractivity contribution in [1.29, 1.82) is 0 Å². The standard InChI is InChI=1S/C21H23N3O3S2/c25-21(23-10-7-20-22-11-14-28-20)17-8-12-24(13-9-17)29(26,27)19-6-5-16-3-1-2-4-18(16)15-19/h1-6,11,14-15,17H,7-10,12-13H2,(H,23,25). The molecule has 2 heterocycles. The number of piperidine rings is 1. The Balaban J connectivity index is 1.34. The van der Waals surface area contributed by atoms with Gasteiger partial charge in [-0.1, -0.05) is 30.3 Å². The van der Waals surface area contributed by atoms with E-state index < -0.39 is 10.0 Å². The molecule has 1 amide bonds. The van der Waals surface area contributed by atoms with E-state index in [1.165, 1.54) is 4.31 Å². The van der Waals surface area contributed by atoms with E-state index >= 15 is 0 Å². The van der Waals surface area contributed by atoms with E-state index in [1.807, 2.05) is 35.7 Å². The van der Waals surface area contributed by atoms with Crippen LogP contribution in [0.5, 0.6) is 0 Å². The van der Waals surface area contributed by atoms with Crippen LogP contribution in [0.25, 0.3) is 10.8 Å². The number of hydrogen-bond acceptors (Lipinski definition) is 5. The van der Waals surface area contributed by atoms with Crippen LogP contribution in [0.15, 0.2) is 58.9 Å². The first-order valence-electron chi connectivity index (χ1n) is 9.69. The van der Waals surface area contributed by atoms with Crippen LogP contribution in [-0.4, -0.2) is 43.2 Å². The fraction of sp³-hybridized carbons (Fsp3) is 0.333. The van der Waals surface area contributed by atoms with Gasteiger partial charge >= 0.3 is 0 Å².